The van der Waals surface area contributed by atoms with Gasteiger partial charge in [-0.1, -0.05) is 12.1 Å². The van der Waals surface area contributed by atoms with Gasteiger partial charge in [-0.25, -0.2) is 9.48 Å². The second-order valence-electron chi connectivity index (χ2n) is 6.06. The molecule has 1 aromatic carbocycles. The van der Waals surface area contributed by atoms with E-state index in [0.717, 1.165) is 5.69 Å². The van der Waals surface area contributed by atoms with Crippen LogP contribution in [0.3, 0.4) is 0 Å². The van der Waals surface area contributed by atoms with Crippen molar-refractivity contribution in [3.05, 3.63) is 36.2 Å². The number of rotatable bonds is 7. The Bertz CT molecular complexity index is 748. The molecule has 8 nitrogen and oxygen atoms in total. The lowest BCUT2D eigenvalue weighted by atomic mass is 9.92. The fourth-order valence-corrected chi connectivity index (χ4v) is 2.86. The van der Waals surface area contributed by atoms with Crippen molar-refractivity contribution in [3.63, 3.8) is 0 Å². The summed E-state index contributed by atoms with van der Waals surface area (Å²) in [6.45, 7) is 1.59. The maximum Gasteiger partial charge on any atom is 0.325 e. The van der Waals surface area contributed by atoms with E-state index in [2.05, 4.69) is 20.8 Å². The van der Waals surface area contributed by atoms with Crippen LogP contribution in [0.5, 0.6) is 0 Å². The van der Waals surface area contributed by atoms with Crippen molar-refractivity contribution < 1.29 is 14.0 Å². The van der Waals surface area contributed by atoms with E-state index in [4.69, 9.17) is 0 Å². The molecule has 0 bridgehead atoms. The van der Waals surface area contributed by atoms with Crippen LogP contribution in [0.1, 0.15) is 31.7 Å². The average Bonchev–Trinajstić information content (AvgIpc) is 3.22. The van der Waals surface area contributed by atoms with Gasteiger partial charge >= 0.3 is 6.03 Å². The lowest BCUT2D eigenvalue weighted by Gasteiger charge is -2.22. The quantitative estimate of drug-likeness (QED) is 0.607. The predicted molar refractivity (Wildman–Crippen MR) is 86.6 cm³/mol. The van der Waals surface area contributed by atoms with Gasteiger partial charge in [0.1, 0.15) is 11.9 Å². The maximum atomic E-state index is 12.7. The molecule has 1 aliphatic heterocycles. The van der Waals surface area contributed by atoms with Crippen LogP contribution in [0.4, 0.5) is 9.18 Å². The highest BCUT2D eigenvalue weighted by molar-refractivity contribution is 6.07. The largest absolute Gasteiger partial charge is 0.325 e. The molecule has 1 atom stereocenters. The number of imide groups is 1. The molecule has 1 fully saturated rings. The smallest absolute Gasteiger partial charge is 0.319 e. The second kappa shape index (κ2) is 6.96. The number of carbonyl (C=O) groups is 2. The molecule has 0 unspecified atom stereocenters. The monoisotopic (exact) mass is 346 g/mol. The van der Waals surface area contributed by atoms with Gasteiger partial charge in [-0.3, -0.25) is 14.1 Å². The third-order valence-electron chi connectivity index (χ3n) is 4.35. The summed E-state index contributed by atoms with van der Waals surface area (Å²) in [5.41, 5.74) is 0.308. The highest BCUT2D eigenvalue weighted by Gasteiger charge is 2.48. The second-order valence-corrected chi connectivity index (χ2v) is 6.06. The zero-order valence-electron chi connectivity index (χ0n) is 13.9. The van der Waals surface area contributed by atoms with Crippen LogP contribution >= 0.6 is 0 Å². The molecule has 0 aliphatic carbocycles. The molecule has 0 spiro atoms. The average molecular weight is 346 g/mol. The zero-order chi connectivity index (χ0) is 17.9. The molecular weight excluding hydrogens is 327 g/mol. The Hall–Kier alpha value is -2.84. The van der Waals surface area contributed by atoms with Crippen molar-refractivity contribution in [1.29, 1.82) is 0 Å². The predicted octanol–water partition coefficient (Wildman–Crippen LogP) is 1.57. The van der Waals surface area contributed by atoms with Crippen molar-refractivity contribution in [2.45, 2.75) is 31.7 Å². The minimum atomic E-state index is -1.11. The van der Waals surface area contributed by atoms with Crippen molar-refractivity contribution in [2.75, 3.05) is 13.2 Å². The molecule has 1 aliphatic rings. The summed E-state index contributed by atoms with van der Waals surface area (Å²) >= 11 is 0. The first-order valence-electron chi connectivity index (χ1n) is 8.10. The van der Waals surface area contributed by atoms with Crippen molar-refractivity contribution in [2.24, 2.45) is 0 Å². The molecule has 1 aromatic heterocycles. The Morgan fingerprint density at radius 3 is 2.56 bits per heavy atom. The van der Waals surface area contributed by atoms with Gasteiger partial charge in [0.05, 0.1) is 12.4 Å². The molecule has 1 N–H and O–H groups in total. The molecule has 3 rings (SSSR count). The summed E-state index contributed by atoms with van der Waals surface area (Å²) in [5, 5.41) is 13.7. The summed E-state index contributed by atoms with van der Waals surface area (Å²) in [6, 6.07) is 6.67. The van der Waals surface area contributed by atoms with Gasteiger partial charge in [0, 0.05) is 6.54 Å². The third-order valence-corrected chi connectivity index (χ3v) is 4.35. The number of carbonyl (C=O) groups excluding carboxylic acids is 2. The van der Waals surface area contributed by atoms with Gasteiger partial charge in [-0.2, -0.15) is 0 Å². The highest BCUT2D eigenvalue weighted by Crippen LogP contribution is 2.29. The summed E-state index contributed by atoms with van der Waals surface area (Å²) in [7, 11) is 0. The molecule has 3 amide bonds. The van der Waals surface area contributed by atoms with Gasteiger partial charge in [-0.05, 0) is 54.3 Å². The van der Waals surface area contributed by atoms with Crippen LogP contribution in [0.25, 0.3) is 5.69 Å². The molecule has 2 heterocycles. The number of amides is 3. The first-order chi connectivity index (χ1) is 12.1. The van der Waals surface area contributed by atoms with Crippen LogP contribution in [0.15, 0.2) is 30.6 Å². The van der Waals surface area contributed by atoms with Gasteiger partial charge in [0.2, 0.25) is 0 Å². The van der Waals surface area contributed by atoms with Crippen LogP contribution in [0, 0.1) is 0 Å². The van der Waals surface area contributed by atoms with Gasteiger partial charge < -0.3 is 5.32 Å². The van der Waals surface area contributed by atoms with Crippen molar-refractivity contribution >= 4 is 11.9 Å². The van der Waals surface area contributed by atoms with E-state index in [1.807, 2.05) is 0 Å². The number of aromatic nitrogens is 4. The van der Waals surface area contributed by atoms with Gasteiger partial charge in [0.15, 0.2) is 0 Å². The van der Waals surface area contributed by atoms with Crippen LogP contribution in [-0.2, 0) is 10.3 Å². The first-order valence-corrected chi connectivity index (χ1v) is 8.10. The maximum absolute atomic E-state index is 12.7. The number of alkyl halides is 1. The fourth-order valence-electron chi connectivity index (χ4n) is 2.86. The van der Waals surface area contributed by atoms with Crippen molar-refractivity contribution in [1.82, 2.24) is 30.4 Å². The molecule has 0 saturated carbocycles. The Morgan fingerprint density at radius 1 is 1.16 bits per heavy atom. The lowest BCUT2D eigenvalue weighted by Crippen LogP contribution is -2.41. The fraction of sp³-hybridized carbons (Fsp3) is 0.438. The number of nitrogens with one attached hydrogen (secondary N) is 1. The minimum absolute atomic E-state index is 0.295. The number of benzene rings is 1. The summed E-state index contributed by atoms with van der Waals surface area (Å²) in [4.78, 5) is 26.1. The van der Waals surface area contributed by atoms with E-state index in [1.165, 1.54) is 15.9 Å². The van der Waals surface area contributed by atoms with E-state index < -0.39 is 11.6 Å². The summed E-state index contributed by atoms with van der Waals surface area (Å²) in [5.74, 6) is -0.298. The van der Waals surface area contributed by atoms with E-state index in [0.29, 0.717) is 31.4 Å². The highest BCUT2D eigenvalue weighted by atomic mass is 19.1. The Kier molecular flexibility index (Phi) is 4.73. The SMILES string of the molecule is C[C@]1(c2ccc(-n3cnnn3)cc2)NC(=O)N(CCCCCF)C1=O. The molecule has 9 heteroatoms. The van der Waals surface area contributed by atoms with E-state index in [-0.39, 0.29) is 12.6 Å². The topological polar surface area (TPSA) is 93.0 Å². The molecule has 2 aromatic rings. The standard InChI is InChI=1S/C16H19FN6O2/c1-16(12-5-7-13(8-6-12)23-11-18-20-21-23)14(24)22(15(25)19-16)10-4-2-3-9-17/h5-8,11H,2-4,9-10H2,1H3,(H,19,25)/t16-/m1/s1. The van der Waals surface area contributed by atoms with Crippen LogP contribution < -0.4 is 5.32 Å². The van der Waals surface area contributed by atoms with Gasteiger partial charge in [0.25, 0.3) is 5.91 Å². The van der Waals surface area contributed by atoms with Crippen LogP contribution in [-0.4, -0.2) is 50.3 Å². The van der Waals surface area contributed by atoms with Gasteiger partial charge in [-0.15, -0.1) is 5.10 Å². The lowest BCUT2D eigenvalue weighted by molar-refractivity contribution is -0.131. The number of unbranched alkanes of at least 4 members (excludes halogenated alkanes) is 2. The first kappa shape index (κ1) is 17.0. The number of halogens is 1. The molecule has 1 saturated heterocycles. The number of hydrogen-bond donors (Lipinski definition) is 1. The minimum Gasteiger partial charge on any atom is -0.319 e. The Labute approximate surface area is 144 Å². The number of hydrogen-bond acceptors (Lipinski definition) is 5. The van der Waals surface area contributed by atoms with Crippen molar-refractivity contribution in [3.8, 4) is 5.69 Å². The van der Waals surface area contributed by atoms with E-state index in [9.17, 15) is 14.0 Å². The summed E-state index contributed by atoms with van der Waals surface area (Å²) < 4.78 is 13.7. The molecular formula is C16H19FN6O2. The number of tetrazole rings is 1. The Balaban J connectivity index is 1.75. The van der Waals surface area contributed by atoms with E-state index in [1.54, 1.807) is 31.2 Å². The summed E-state index contributed by atoms with van der Waals surface area (Å²) in [6.07, 6.45) is 3.15. The number of urea groups is 1. The normalized spacial score (nSPS) is 20.2. The van der Waals surface area contributed by atoms with E-state index >= 15 is 0 Å². The Morgan fingerprint density at radius 2 is 1.92 bits per heavy atom. The molecule has 132 valence electrons. The van der Waals surface area contributed by atoms with Crippen LogP contribution in [0.2, 0.25) is 0 Å². The molecule has 0 radical (unpaired) electrons. The third kappa shape index (κ3) is 3.21. The zero-order valence-corrected chi connectivity index (χ0v) is 13.9. The molecule has 25 heavy (non-hydrogen) atoms. The number of nitrogens with zero attached hydrogens (tertiary/aromatic N) is 5.